The lowest BCUT2D eigenvalue weighted by Crippen LogP contribution is -2.36. The van der Waals surface area contributed by atoms with E-state index in [0.717, 1.165) is 34.0 Å². The first-order chi connectivity index (χ1) is 11.2. The number of rotatable bonds is 4. The Morgan fingerprint density at radius 3 is 3.00 bits per heavy atom. The van der Waals surface area contributed by atoms with Crippen molar-refractivity contribution in [2.45, 2.75) is 6.92 Å². The molecule has 2 aromatic heterocycles. The van der Waals surface area contributed by atoms with Crippen molar-refractivity contribution < 1.29 is 14.3 Å². The van der Waals surface area contributed by atoms with Gasteiger partial charge in [0.1, 0.15) is 0 Å². The number of anilines is 1. The topological polar surface area (TPSA) is 64.5 Å². The van der Waals surface area contributed by atoms with E-state index in [-0.39, 0.29) is 11.3 Å². The Hall–Kier alpha value is -1.70. The van der Waals surface area contributed by atoms with Gasteiger partial charge in [0.25, 0.3) is 0 Å². The van der Waals surface area contributed by atoms with Crippen molar-refractivity contribution in [3.8, 4) is 0 Å². The van der Waals surface area contributed by atoms with Gasteiger partial charge in [0.2, 0.25) is 5.28 Å². The second-order valence-corrected chi connectivity index (χ2v) is 6.29. The lowest BCUT2D eigenvalue weighted by atomic mass is 10.3. The number of hydrogen-bond acceptors (Lipinski definition) is 7. The highest BCUT2D eigenvalue weighted by Gasteiger charge is 2.18. The van der Waals surface area contributed by atoms with E-state index in [0.29, 0.717) is 19.8 Å². The molecule has 2 aromatic rings. The first-order valence-corrected chi connectivity index (χ1v) is 8.51. The van der Waals surface area contributed by atoms with Crippen molar-refractivity contribution in [3.63, 3.8) is 0 Å². The molecule has 0 aromatic carbocycles. The number of nitrogens with zero attached hydrogens (tertiary/aromatic N) is 3. The maximum Gasteiger partial charge on any atom is 0.330 e. The third kappa shape index (κ3) is 3.80. The molecule has 0 aliphatic carbocycles. The van der Waals surface area contributed by atoms with Crippen LogP contribution in [-0.2, 0) is 14.3 Å². The van der Waals surface area contributed by atoms with Gasteiger partial charge in [0.15, 0.2) is 5.82 Å². The average Bonchev–Trinajstić information content (AvgIpc) is 2.96. The highest BCUT2D eigenvalue weighted by molar-refractivity contribution is 7.20. The zero-order valence-electron chi connectivity index (χ0n) is 12.6. The Balaban J connectivity index is 1.93. The van der Waals surface area contributed by atoms with Gasteiger partial charge in [-0.15, -0.1) is 11.3 Å². The highest BCUT2D eigenvalue weighted by atomic mass is 35.5. The molecule has 0 spiro atoms. The number of ether oxygens (including phenoxy) is 2. The zero-order valence-corrected chi connectivity index (χ0v) is 14.2. The molecule has 3 heterocycles. The molecule has 0 radical (unpaired) electrons. The van der Waals surface area contributed by atoms with E-state index in [9.17, 15) is 4.79 Å². The second-order valence-electron chi connectivity index (χ2n) is 4.86. The van der Waals surface area contributed by atoms with Crippen molar-refractivity contribution in [1.82, 2.24) is 9.97 Å². The van der Waals surface area contributed by atoms with Crippen LogP contribution >= 0.6 is 22.9 Å². The Labute approximate surface area is 142 Å². The first kappa shape index (κ1) is 16.2. The Morgan fingerprint density at radius 1 is 1.48 bits per heavy atom. The maximum atomic E-state index is 11.4. The van der Waals surface area contributed by atoms with Gasteiger partial charge in [-0.05, 0) is 30.7 Å². The minimum atomic E-state index is -0.359. The van der Waals surface area contributed by atoms with E-state index in [4.69, 9.17) is 21.1 Å². The van der Waals surface area contributed by atoms with Gasteiger partial charge in [-0.2, -0.15) is 4.98 Å². The molecule has 3 rings (SSSR count). The summed E-state index contributed by atoms with van der Waals surface area (Å²) < 4.78 is 11.2. The van der Waals surface area contributed by atoms with Crippen molar-refractivity contribution in [2.24, 2.45) is 0 Å². The summed E-state index contributed by atoms with van der Waals surface area (Å²) in [4.78, 5) is 23.1. The Morgan fingerprint density at radius 2 is 2.26 bits per heavy atom. The molecule has 122 valence electrons. The molecule has 1 aliphatic heterocycles. The summed E-state index contributed by atoms with van der Waals surface area (Å²) in [6.45, 7) is 5.02. The van der Waals surface area contributed by atoms with Crippen LogP contribution in [0.2, 0.25) is 5.28 Å². The molecule has 0 saturated carbocycles. The molecule has 8 heteroatoms. The number of hydrogen-bond donors (Lipinski definition) is 0. The third-order valence-electron chi connectivity index (χ3n) is 3.33. The summed E-state index contributed by atoms with van der Waals surface area (Å²) in [5, 5.41) is 0.220. The summed E-state index contributed by atoms with van der Waals surface area (Å²) in [5.74, 6) is 0.464. The lowest BCUT2D eigenvalue weighted by Gasteiger charge is -2.28. The minimum absolute atomic E-state index is 0.220. The average molecular weight is 354 g/mol. The number of halogens is 1. The number of aromatic nitrogens is 2. The number of fused-ring (bicyclic) bond motifs is 1. The quantitative estimate of drug-likeness (QED) is 0.478. The van der Waals surface area contributed by atoms with Gasteiger partial charge in [-0.25, -0.2) is 9.78 Å². The molecule has 0 N–H and O–H groups in total. The van der Waals surface area contributed by atoms with Crippen LogP contribution in [0.1, 0.15) is 11.8 Å². The summed E-state index contributed by atoms with van der Waals surface area (Å²) >= 11 is 7.58. The second kappa shape index (κ2) is 7.25. The van der Waals surface area contributed by atoms with Crippen molar-refractivity contribution in [3.05, 3.63) is 22.3 Å². The lowest BCUT2D eigenvalue weighted by molar-refractivity contribution is -0.137. The van der Waals surface area contributed by atoms with Gasteiger partial charge < -0.3 is 14.4 Å². The molecule has 0 unspecified atom stereocenters. The number of morpholine rings is 1. The smallest absolute Gasteiger partial charge is 0.330 e. The molecular weight excluding hydrogens is 338 g/mol. The van der Waals surface area contributed by atoms with Gasteiger partial charge in [0, 0.05) is 24.0 Å². The zero-order chi connectivity index (χ0) is 16.2. The van der Waals surface area contributed by atoms with Gasteiger partial charge in [0.05, 0.1) is 30.0 Å². The summed E-state index contributed by atoms with van der Waals surface area (Å²) in [5.41, 5.74) is 0.778. The molecule has 0 atom stereocenters. The van der Waals surface area contributed by atoms with Gasteiger partial charge in [-0.3, -0.25) is 0 Å². The maximum absolute atomic E-state index is 11.4. The van der Waals surface area contributed by atoms with Crippen molar-refractivity contribution in [1.29, 1.82) is 0 Å². The van der Waals surface area contributed by atoms with Crippen LogP contribution in [-0.4, -0.2) is 48.8 Å². The van der Waals surface area contributed by atoms with Crippen LogP contribution < -0.4 is 4.90 Å². The van der Waals surface area contributed by atoms with E-state index in [2.05, 4.69) is 14.9 Å². The predicted molar refractivity (Wildman–Crippen MR) is 91.1 cm³/mol. The first-order valence-electron chi connectivity index (χ1n) is 7.32. The molecule has 1 saturated heterocycles. The van der Waals surface area contributed by atoms with E-state index < -0.39 is 0 Å². The van der Waals surface area contributed by atoms with Crippen LogP contribution in [0.25, 0.3) is 16.3 Å². The number of carbonyl (C=O) groups is 1. The van der Waals surface area contributed by atoms with Crippen LogP contribution in [0.3, 0.4) is 0 Å². The monoisotopic (exact) mass is 353 g/mol. The van der Waals surface area contributed by atoms with E-state index in [1.165, 1.54) is 17.4 Å². The van der Waals surface area contributed by atoms with Crippen molar-refractivity contribution >= 4 is 51.0 Å². The Kier molecular flexibility index (Phi) is 5.09. The largest absolute Gasteiger partial charge is 0.463 e. The van der Waals surface area contributed by atoms with Crippen LogP contribution in [0.5, 0.6) is 0 Å². The van der Waals surface area contributed by atoms with Gasteiger partial charge >= 0.3 is 5.97 Å². The number of esters is 1. The summed E-state index contributed by atoms with van der Waals surface area (Å²) in [6.07, 6.45) is 3.14. The molecule has 0 amide bonds. The standard InChI is InChI=1S/C15H16ClN3O3S/c1-2-22-12(20)4-3-10-9-11-13(23-10)14(18-15(16)17-11)19-5-7-21-8-6-19/h3-4,9H,2,5-8H2,1H3/b4-3+. The molecule has 6 nitrogen and oxygen atoms in total. The van der Waals surface area contributed by atoms with Crippen molar-refractivity contribution in [2.75, 3.05) is 37.8 Å². The van der Waals surface area contributed by atoms with Crippen LogP contribution in [0.15, 0.2) is 12.1 Å². The molecule has 1 aliphatic rings. The minimum Gasteiger partial charge on any atom is -0.463 e. The SMILES string of the molecule is CCOC(=O)/C=C/c1cc2nc(Cl)nc(N3CCOCC3)c2s1. The number of carbonyl (C=O) groups excluding carboxylic acids is 1. The fourth-order valence-electron chi connectivity index (χ4n) is 2.32. The molecule has 23 heavy (non-hydrogen) atoms. The van der Waals surface area contributed by atoms with E-state index in [1.54, 1.807) is 13.0 Å². The normalized spacial score (nSPS) is 15.5. The third-order valence-corrected chi connectivity index (χ3v) is 4.58. The fraction of sp³-hybridized carbons (Fsp3) is 0.400. The molecular formula is C15H16ClN3O3S. The molecule has 1 fully saturated rings. The molecule has 0 bridgehead atoms. The number of thiophene rings is 1. The summed E-state index contributed by atoms with van der Waals surface area (Å²) in [7, 11) is 0. The van der Waals surface area contributed by atoms with E-state index >= 15 is 0 Å². The van der Waals surface area contributed by atoms with Crippen LogP contribution in [0, 0.1) is 0 Å². The summed E-state index contributed by atoms with van der Waals surface area (Å²) in [6, 6.07) is 1.90. The Bertz CT molecular complexity index is 741. The van der Waals surface area contributed by atoms with Crippen LogP contribution in [0.4, 0.5) is 5.82 Å². The predicted octanol–water partition coefficient (Wildman–Crippen LogP) is 2.76. The van der Waals surface area contributed by atoms with E-state index in [1.807, 2.05) is 6.07 Å². The van der Waals surface area contributed by atoms with Gasteiger partial charge in [-0.1, -0.05) is 0 Å². The highest BCUT2D eigenvalue weighted by Crippen LogP contribution is 2.33. The fourth-order valence-corrected chi connectivity index (χ4v) is 3.51.